The fraction of sp³-hybridized carbons (Fsp3) is 0.455. The third kappa shape index (κ3) is 10.4. The first-order valence-electron chi connectivity index (χ1n) is 18.5. The van der Waals surface area contributed by atoms with E-state index in [1.807, 2.05) is 72.8 Å². The monoisotopic (exact) mass is 694 g/mol. The summed E-state index contributed by atoms with van der Waals surface area (Å²) in [6.07, 6.45) is -2.09. The summed E-state index contributed by atoms with van der Waals surface area (Å²) >= 11 is 0. The zero-order valence-electron chi connectivity index (χ0n) is 30.4. The van der Waals surface area contributed by atoms with Gasteiger partial charge >= 0.3 is 0 Å². The quantitative estimate of drug-likeness (QED) is 0.117. The molecule has 0 saturated carbocycles. The van der Waals surface area contributed by atoms with Crippen molar-refractivity contribution in [2.24, 2.45) is 17.8 Å². The highest BCUT2D eigenvalue weighted by molar-refractivity contribution is 5.16. The number of hydrogen-bond donors (Lipinski definition) is 0. The molecule has 2 aliphatic rings. The van der Waals surface area contributed by atoms with E-state index in [4.69, 9.17) is 33.2 Å². The molecule has 0 aromatic heterocycles. The predicted molar refractivity (Wildman–Crippen MR) is 198 cm³/mol. The Morgan fingerprint density at radius 3 is 1.35 bits per heavy atom. The van der Waals surface area contributed by atoms with Crippen molar-refractivity contribution in [2.75, 3.05) is 13.2 Å². The second-order valence-corrected chi connectivity index (χ2v) is 14.1. The minimum Gasteiger partial charge on any atom is -0.374 e. The Bertz CT molecular complexity index is 1540. The summed E-state index contributed by atoms with van der Waals surface area (Å²) in [5.41, 5.74) is 4.48. The SMILES string of the molecule is CC1OC(COCc2ccccc2)C(OC2OC(COCc3ccccc3)C(C)C(OCc3ccccc3)C2C)C(OCc2ccccc2)C1C. The molecule has 0 N–H and O–H groups in total. The third-order valence-electron chi connectivity index (χ3n) is 10.3. The van der Waals surface area contributed by atoms with Crippen LogP contribution in [0.15, 0.2) is 121 Å². The molecule has 0 bridgehead atoms. The highest BCUT2D eigenvalue weighted by Gasteiger charge is 2.49. The molecule has 7 heteroatoms. The van der Waals surface area contributed by atoms with Crippen LogP contribution in [0.3, 0.4) is 0 Å². The second kappa shape index (κ2) is 18.9. The van der Waals surface area contributed by atoms with Gasteiger partial charge in [-0.25, -0.2) is 0 Å². The first-order valence-corrected chi connectivity index (χ1v) is 18.5. The summed E-state index contributed by atoms with van der Waals surface area (Å²) < 4.78 is 46.7. The van der Waals surface area contributed by atoms with Crippen molar-refractivity contribution in [3.05, 3.63) is 144 Å². The van der Waals surface area contributed by atoms with Crippen LogP contribution in [0.1, 0.15) is 49.9 Å². The Labute approximate surface area is 304 Å². The van der Waals surface area contributed by atoms with Gasteiger partial charge in [-0.3, -0.25) is 0 Å². The van der Waals surface area contributed by atoms with Crippen molar-refractivity contribution < 1.29 is 33.2 Å². The van der Waals surface area contributed by atoms with Crippen LogP contribution in [0.2, 0.25) is 0 Å². The maximum atomic E-state index is 7.12. The van der Waals surface area contributed by atoms with Crippen molar-refractivity contribution in [2.45, 2.75) is 97.0 Å². The molecule has 6 rings (SSSR count). The summed E-state index contributed by atoms with van der Waals surface area (Å²) in [6, 6.07) is 41.0. The molecule has 4 aromatic rings. The van der Waals surface area contributed by atoms with Gasteiger partial charge in [0.15, 0.2) is 6.29 Å². The highest BCUT2D eigenvalue weighted by Crippen LogP contribution is 2.38. The van der Waals surface area contributed by atoms with E-state index in [1.54, 1.807) is 0 Å². The minimum absolute atomic E-state index is 0.0539. The molecule has 0 aliphatic carbocycles. The fourth-order valence-electron chi connectivity index (χ4n) is 7.14. The summed E-state index contributed by atoms with van der Waals surface area (Å²) in [6.45, 7) is 11.4. The molecule has 2 saturated heterocycles. The average Bonchev–Trinajstić information content (AvgIpc) is 3.16. The lowest BCUT2D eigenvalue weighted by Gasteiger charge is -2.49. The zero-order chi connectivity index (χ0) is 35.4. The van der Waals surface area contributed by atoms with Crippen molar-refractivity contribution in [1.29, 1.82) is 0 Å². The predicted octanol–water partition coefficient (Wildman–Crippen LogP) is 8.40. The van der Waals surface area contributed by atoms with Crippen molar-refractivity contribution in [3.8, 4) is 0 Å². The van der Waals surface area contributed by atoms with E-state index in [0.717, 1.165) is 22.3 Å². The van der Waals surface area contributed by atoms with Crippen LogP contribution in [0.4, 0.5) is 0 Å². The smallest absolute Gasteiger partial charge is 0.163 e. The van der Waals surface area contributed by atoms with Crippen molar-refractivity contribution in [1.82, 2.24) is 0 Å². The lowest BCUT2D eigenvalue weighted by atomic mass is 9.85. The molecule has 2 fully saturated rings. The summed E-state index contributed by atoms with van der Waals surface area (Å²) in [7, 11) is 0. The summed E-state index contributed by atoms with van der Waals surface area (Å²) in [5.74, 6) is 0.0532. The number of benzene rings is 4. The van der Waals surface area contributed by atoms with E-state index in [0.29, 0.717) is 39.6 Å². The van der Waals surface area contributed by atoms with Gasteiger partial charge in [-0.05, 0) is 29.2 Å². The standard InChI is InChI=1S/C44H54O7/c1-31-34(4)49-40(30-46-26-36-19-11-6-12-20-36)43(42(31)48-28-38-23-15-8-16-24-38)51-44-33(3)41(47-27-37-21-13-7-14-22-37)32(2)39(50-44)29-45-25-35-17-9-5-10-18-35/h5-24,31-34,39-44H,25-30H2,1-4H3. The van der Waals surface area contributed by atoms with Gasteiger partial charge in [-0.2, -0.15) is 0 Å². The van der Waals surface area contributed by atoms with Crippen LogP contribution >= 0.6 is 0 Å². The van der Waals surface area contributed by atoms with E-state index in [2.05, 4.69) is 76.2 Å². The van der Waals surface area contributed by atoms with Gasteiger partial charge in [0.25, 0.3) is 0 Å². The Balaban J connectivity index is 1.22. The molecule has 272 valence electrons. The molecule has 7 nitrogen and oxygen atoms in total. The van der Waals surface area contributed by atoms with Gasteiger partial charge in [0.1, 0.15) is 12.2 Å². The number of rotatable bonds is 16. The highest BCUT2D eigenvalue weighted by atomic mass is 16.7. The van der Waals surface area contributed by atoms with E-state index in [9.17, 15) is 0 Å². The van der Waals surface area contributed by atoms with Crippen LogP contribution in [0.25, 0.3) is 0 Å². The summed E-state index contributed by atoms with van der Waals surface area (Å²) in [4.78, 5) is 0. The third-order valence-corrected chi connectivity index (χ3v) is 10.3. The van der Waals surface area contributed by atoms with E-state index >= 15 is 0 Å². The molecule has 10 unspecified atom stereocenters. The van der Waals surface area contributed by atoms with Gasteiger partial charge in [-0.15, -0.1) is 0 Å². The molecular weight excluding hydrogens is 640 g/mol. The van der Waals surface area contributed by atoms with Crippen LogP contribution in [-0.4, -0.2) is 56.1 Å². The lowest BCUT2D eigenvalue weighted by Crippen LogP contribution is -2.60. The molecule has 0 radical (unpaired) electrons. The average molecular weight is 695 g/mol. The molecule has 4 aromatic carbocycles. The number of ether oxygens (including phenoxy) is 7. The Kier molecular flexibility index (Phi) is 13.8. The van der Waals surface area contributed by atoms with Crippen LogP contribution in [0, 0.1) is 17.8 Å². The summed E-state index contributed by atoms with van der Waals surface area (Å²) in [5, 5.41) is 0. The molecule has 0 spiro atoms. The normalized spacial score (nSPS) is 29.5. The van der Waals surface area contributed by atoms with Gasteiger partial charge in [0.2, 0.25) is 0 Å². The minimum atomic E-state index is -0.582. The molecule has 2 heterocycles. The Morgan fingerprint density at radius 2 is 0.863 bits per heavy atom. The molecule has 51 heavy (non-hydrogen) atoms. The second-order valence-electron chi connectivity index (χ2n) is 14.1. The van der Waals surface area contributed by atoms with Crippen LogP contribution in [0.5, 0.6) is 0 Å². The first kappa shape index (κ1) is 37.4. The largest absolute Gasteiger partial charge is 0.374 e. The lowest BCUT2D eigenvalue weighted by molar-refractivity contribution is -0.328. The molecule has 10 atom stereocenters. The van der Waals surface area contributed by atoms with Crippen LogP contribution < -0.4 is 0 Å². The first-order chi connectivity index (χ1) is 25.0. The zero-order valence-corrected chi connectivity index (χ0v) is 30.4. The number of hydrogen-bond acceptors (Lipinski definition) is 7. The van der Waals surface area contributed by atoms with Gasteiger partial charge < -0.3 is 33.2 Å². The fourth-order valence-corrected chi connectivity index (χ4v) is 7.14. The molecule has 2 aliphatic heterocycles. The van der Waals surface area contributed by atoms with Gasteiger partial charge in [0, 0.05) is 17.8 Å². The van der Waals surface area contributed by atoms with E-state index in [1.165, 1.54) is 0 Å². The Morgan fingerprint density at radius 1 is 0.431 bits per heavy atom. The topological polar surface area (TPSA) is 64.6 Å². The van der Waals surface area contributed by atoms with E-state index in [-0.39, 0.29) is 48.3 Å². The van der Waals surface area contributed by atoms with Crippen LogP contribution in [-0.2, 0) is 59.6 Å². The van der Waals surface area contributed by atoms with Crippen molar-refractivity contribution >= 4 is 0 Å². The molecular formula is C44H54O7. The maximum absolute atomic E-state index is 7.12. The molecule has 0 amide bonds. The van der Waals surface area contributed by atoms with Crippen molar-refractivity contribution in [3.63, 3.8) is 0 Å². The Hall–Kier alpha value is -3.40. The van der Waals surface area contributed by atoms with E-state index < -0.39 is 12.4 Å². The maximum Gasteiger partial charge on any atom is 0.163 e. The van der Waals surface area contributed by atoms with Gasteiger partial charge in [-0.1, -0.05) is 142 Å². The van der Waals surface area contributed by atoms with Gasteiger partial charge in [0.05, 0.1) is 64.1 Å².